The van der Waals surface area contributed by atoms with E-state index in [1.54, 1.807) is 0 Å². The van der Waals surface area contributed by atoms with E-state index in [1.165, 1.54) is 10.5 Å². The summed E-state index contributed by atoms with van der Waals surface area (Å²) < 4.78 is 5.83. The lowest BCUT2D eigenvalue weighted by Crippen LogP contribution is -2.18. The van der Waals surface area contributed by atoms with Crippen LogP contribution < -0.4 is 10.1 Å². The van der Waals surface area contributed by atoms with Crippen LogP contribution in [0.1, 0.15) is 19.4 Å². The Morgan fingerprint density at radius 1 is 1.00 bits per heavy atom. The predicted octanol–water partition coefficient (Wildman–Crippen LogP) is 4.36. The Morgan fingerprint density at radius 2 is 1.71 bits per heavy atom. The standard InChI is InChI=1S/C18H23NOS/c1-15(2)20-18-11-7-6-8-16(18)14-19-12-13-21-17-9-4-3-5-10-17/h3-11,15,19H,12-14H2,1-2H3. The molecule has 0 aliphatic rings. The van der Waals surface area contributed by atoms with Gasteiger partial charge in [-0.15, -0.1) is 11.8 Å². The molecule has 0 spiro atoms. The van der Waals surface area contributed by atoms with Crippen molar-refractivity contribution in [1.29, 1.82) is 0 Å². The molecule has 0 amide bonds. The van der Waals surface area contributed by atoms with E-state index in [4.69, 9.17) is 4.74 Å². The highest BCUT2D eigenvalue weighted by Gasteiger charge is 2.04. The molecule has 2 nitrogen and oxygen atoms in total. The maximum Gasteiger partial charge on any atom is 0.124 e. The van der Waals surface area contributed by atoms with Crippen molar-refractivity contribution in [3.63, 3.8) is 0 Å². The van der Waals surface area contributed by atoms with Gasteiger partial charge in [0.15, 0.2) is 0 Å². The minimum Gasteiger partial charge on any atom is -0.491 e. The molecule has 0 saturated heterocycles. The fourth-order valence-corrected chi connectivity index (χ4v) is 2.83. The zero-order chi connectivity index (χ0) is 14.9. The Labute approximate surface area is 131 Å². The number of thioether (sulfide) groups is 1. The zero-order valence-electron chi connectivity index (χ0n) is 12.7. The number of para-hydroxylation sites is 1. The number of hydrogen-bond acceptors (Lipinski definition) is 3. The third kappa shape index (κ3) is 5.82. The van der Waals surface area contributed by atoms with Gasteiger partial charge in [0.1, 0.15) is 5.75 Å². The second-order valence-corrected chi connectivity index (χ2v) is 6.28. The number of rotatable bonds is 8. The van der Waals surface area contributed by atoms with Crippen molar-refractivity contribution >= 4 is 11.8 Å². The Bertz CT molecular complexity index is 528. The van der Waals surface area contributed by atoms with Gasteiger partial charge in [-0.05, 0) is 32.0 Å². The van der Waals surface area contributed by atoms with E-state index in [2.05, 4.69) is 55.6 Å². The summed E-state index contributed by atoms with van der Waals surface area (Å²) in [5.41, 5.74) is 1.22. The molecule has 0 fully saturated rings. The van der Waals surface area contributed by atoms with Crippen LogP contribution in [0, 0.1) is 0 Å². The fraction of sp³-hybridized carbons (Fsp3) is 0.333. The molecule has 0 aliphatic carbocycles. The van der Waals surface area contributed by atoms with Crippen LogP contribution in [0.25, 0.3) is 0 Å². The molecular weight excluding hydrogens is 278 g/mol. The van der Waals surface area contributed by atoms with Gasteiger partial charge in [-0.3, -0.25) is 0 Å². The minimum absolute atomic E-state index is 0.208. The summed E-state index contributed by atoms with van der Waals surface area (Å²) in [6, 6.07) is 18.7. The van der Waals surface area contributed by atoms with Crippen molar-refractivity contribution in [3.8, 4) is 5.75 Å². The Balaban J connectivity index is 1.73. The lowest BCUT2D eigenvalue weighted by atomic mass is 10.2. The molecule has 0 bridgehead atoms. The van der Waals surface area contributed by atoms with E-state index in [-0.39, 0.29) is 6.10 Å². The van der Waals surface area contributed by atoms with Crippen LogP contribution in [0.15, 0.2) is 59.5 Å². The summed E-state index contributed by atoms with van der Waals surface area (Å²) in [5, 5.41) is 3.48. The van der Waals surface area contributed by atoms with E-state index in [1.807, 2.05) is 30.0 Å². The average Bonchev–Trinajstić information content (AvgIpc) is 2.49. The summed E-state index contributed by atoms with van der Waals surface area (Å²) in [4.78, 5) is 1.32. The van der Waals surface area contributed by atoms with Crippen molar-refractivity contribution in [2.75, 3.05) is 12.3 Å². The molecule has 0 unspecified atom stereocenters. The maximum absolute atomic E-state index is 5.83. The number of hydrogen-bond donors (Lipinski definition) is 1. The van der Waals surface area contributed by atoms with E-state index in [9.17, 15) is 0 Å². The Hall–Kier alpha value is -1.45. The average molecular weight is 301 g/mol. The highest BCUT2D eigenvalue weighted by molar-refractivity contribution is 7.99. The van der Waals surface area contributed by atoms with Crippen LogP contribution in [0.3, 0.4) is 0 Å². The van der Waals surface area contributed by atoms with Crippen molar-refractivity contribution < 1.29 is 4.74 Å². The van der Waals surface area contributed by atoms with Gasteiger partial charge in [-0.1, -0.05) is 36.4 Å². The van der Waals surface area contributed by atoms with Gasteiger partial charge >= 0.3 is 0 Å². The molecule has 1 N–H and O–H groups in total. The number of ether oxygens (including phenoxy) is 1. The SMILES string of the molecule is CC(C)Oc1ccccc1CNCCSc1ccccc1. The fourth-order valence-electron chi connectivity index (χ4n) is 2.00. The topological polar surface area (TPSA) is 21.3 Å². The molecule has 0 saturated carbocycles. The van der Waals surface area contributed by atoms with Crippen LogP contribution in [0.4, 0.5) is 0 Å². The summed E-state index contributed by atoms with van der Waals surface area (Å²) in [6.07, 6.45) is 0.208. The zero-order valence-corrected chi connectivity index (χ0v) is 13.5. The van der Waals surface area contributed by atoms with Gasteiger partial charge in [-0.2, -0.15) is 0 Å². The molecular formula is C18H23NOS. The molecule has 0 atom stereocenters. The van der Waals surface area contributed by atoms with E-state index in [0.717, 1.165) is 24.6 Å². The highest BCUT2D eigenvalue weighted by Crippen LogP contribution is 2.19. The maximum atomic E-state index is 5.83. The lowest BCUT2D eigenvalue weighted by molar-refractivity contribution is 0.239. The van der Waals surface area contributed by atoms with Gasteiger partial charge in [0, 0.05) is 29.3 Å². The summed E-state index contributed by atoms with van der Waals surface area (Å²) in [5.74, 6) is 2.05. The van der Waals surface area contributed by atoms with Crippen LogP contribution >= 0.6 is 11.8 Å². The Kier molecular flexibility index (Phi) is 6.64. The number of benzene rings is 2. The van der Waals surface area contributed by atoms with Crippen molar-refractivity contribution in [2.45, 2.75) is 31.4 Å². The molecule has 2 rings (SSSR count). The van der Waals surface area contributed by atoms with E-state index < -0.39 is 0 Å². The molecule has 112 valence electrons. The Morgan fingerprint density at radius 3 is 2.48 bits per heavy atom. The normalized spacial score (nSPS) is 10.8. The van der Waals surface area contributed by atoms with Gasteiger partial charge < -0.3 is 10.1 Å². The molecule has 21 heavy (non-hydrogen) atoms. The molecule has 2 aromatic rings. The van der Waals surface area contributed by atoms with Gasteiger partial charge in [0.2, 0.25) is 0 Å². The van der Waals surface area contributed by atoms with Gasteiger partial charge in [0.05, 0.1) is 6.10 Å². The monoisotopic (exact) mass is 301 g/mol. The largest absolute Gasteiger partial charge is 0.491 e. The summed E-state index contributed by atoms with van der Waals surface area (Å²) in [7, 11) is 0. The first-order valence-corrected chi connectivity index (χ1v) is 8.37. The molecule has 0 aromatic heterocycles. The third-order valence-electron chi connectivity index (χ3n) is 2.94. The highest BCUT2D eigenvalue weighted by atomic mass is 32.2. The van der Waals surface area contributed by atoms with Crippen LogP contribution in [-0.2, 0) is 6.54 Å². The molecule has 3 heteroatoms. The lowest BCUT2D eigenvalue weighted by Gasteiger charge is -2.14. The minimum atomic E-state index is 0.208. The molecule has 2 aromatic carbocycles. The first-order chi connectivity index (χ1) is 10.3. The summed E-state index contributed by atoms with van der Waals surface area (Å²) in [6.45, 7) is 5.94. The molecule has 0 radical (unpaired) electrons. The van der Waals surface area contributed by atoms with E-state index in [0.29, 0.717) is 0 Å². The predicted molar refractivity (Wildman–Crippen MR) is 91.1 cm³/mol. The smallest absolute Gasteiger partial charge is 0.124 e. The van der Waals surface area contributed by atoms with Crippen molar-refractivity contribution in [1.82, 2.24) is 5.32 Å². The quantitative estimate of drug-likeness (QED) is 0.578. The molecule has 0 aliphatic heterocycles. The van der Waals surface area contributed by atoms with Crippen molar-refractivity contribution in [3.05, 3.63) is 60.2 Å². The van der Waals surface area contributed by atoms with Gasteiger partial charge in [0.25, 0.3) is 0 Å². The second-order valence-electron chi connectivity index (χ2n) is 5.11. The number of nitrogens with one attached hydrogen (secondary N) is 1. The van der Waals surface area contributed by atoms with Gasteiger partial charge in [-0.25, -0.2) is 0 Å². The van der Waals surface area contributed by atoms with Crippen LogP contribution in [0.2, 0.25) is 0 Å². The van der Waals surface area contributed by atoms with E-state index >= 15 is 0 Å². The van der Waals surface area contributed by atoms with Crippen molar-refractivity contribution in [2.24, 2.45) is 0 Å². The first kappa shape index (κ1) is 15.9. The molecule has 0 heterocycles. The third-order valence-corrected chi connectivity index (χ3v) is 3.96. The first-order valence-electron chi connectivity index (χ1n) is 7.39. The summed E-state index contributed by atoms with van der Waals surface area (Å²) >= 11 is 1.88. The van der Waals surface area contributed by atoms with Crippen LogP contribution in [0.5, 0.6) is 5.75 Å². The van der Waals surface area contributed by atoms with Crippen LogP contribution in [-0.4, -0.2) is 18.4 Å². The second kappa shape index (κ2) is 8.75.